The molecule has 1 fully saturated rings. The Morgan fingerprint density at radius 2 is 2.05 bits per heavy atom. The van der Waals surface area contributed by atoms with Crippen molar-refractivity contribution < 1.29 is 17.9 Å². The van der Waals surface area contributed by atoms with Crippen molar-refractivity contribution >= 4 is 0 Å². The molecule has 0 bridgehead atoms. The molecule has 1 aromatic rings. The minimum atomic E-state index is -4.20. The van der Waals surface area contributed by atoms with E-state index >= 15 is 0 Å². The number of ether oxygens (including phenoxy) is 1. The molecule has 0 radical (unpaired) electrons. The molecule has 0 atom stereocenters. The van der Waals surface area contributed by atoms with Crippen molar-refractivity contribution in [2.75, 3.05) is 6.61 Å². The van der Waals surface area contributed by atoms with Crippen LogP contribution in [0.3, 0.4) is 0 Å². The molecule has 1 aromatic heterocycles. The number of alkyl halides is 3. The third-order valence-corrected chi connectivity index (χ3v) is 3.28. The monoisotopic (exact) mass is 302 g/mol. The summed E-state index contributed by atoms with van der Waals surface area (Å²) in [4.78, 5) is 4.28. The lowest BCUT2D eigenvalue weighted by Crippen LogP contribution is -2.16. The van der Waals surface area contributed by atoms with Gasteiger partial charge < -0.3 is 10.1 Å². The molecule has 118 valence electrons. The molecule has 0 spiro atoms. The van der Waals surface area contributed by atoms with Gasteiger partial charge in [-0.25, -0.2) is 4.98 Å². The Morgan fingerprint density at radius 1 is 1.33 bits per heavy atom. The molecule has 3 nitrogen and oxygen atoms in total. The molecule has 0 unspecified atom stereocenters. The second kappa shape index (κ2) is 6.64. The topological polar surface area (TPSA) is 34.1 Å². The maximum absolute atomic E-state index is 12.2. The Labute approximate surface area is 122 Å². The fraction of sp³-hybridized carbons (Fsp3) is 0.667. The van der Waals surface area contributed by atoms with E-state index in [1.165, 1.54) is 12.8 Å². The quantitative estimate of drug-likeness (QED) is 0.832. The summed E-state index contributed by atoms with van der Waals surface area (Å²) in [6.07, 6.45) is -2.78. The molecule has 2 rings (SSSR count). The smallest absolute Gasteiger partial charge is 0.392 e. The first-order valence-electron chi connectivity index (χ1n) is 7.27. The lowest BCUT2D eigenvalue weighted by Gasteiger charge is -2.13. The average molecular weight is 302 g/mol. The fourth-order valence-corrected chi connectivity index (χ4v) is 1.87. The summed E-state index contributed by atoms with van der Waals surface area (Å²) in [6.45, 7) is 4.30. The Bertz CT molecular complexity index is 470. The van der Waals surface area contributed by atoms with Crippen LogP contribution < -0.4 is 10.1 Å². The zero-order valence-corrected chi connectivity index (χ0v) is 12.3. The van der Waals surface area contributed by atoms with Gasteiger partial charge in [0.25, 0.3) is 0 Å². The number of nitrogens with one attached hydrogen (secondary N) is 1. The molecule has 6 heteroatoms. The van der Waals surface area contributed by atoms with Gasteiger partial charge in [-0.3, -0.25) is 0 Å². The van der Waals surface area contributed by atoms with E-state index < -0.39 is 19.2 Å². The molecular formula is C15H21F3N2O. The highest BCUT2D eigenvalue weighted by atomic mass is 19.4. The van der Waals surface area contributed by atoms with Gasteiger partial charge >= 0.3 is 6.18 Å². The van der Waals surface area contributed by atoms with Crippen molar-refractivity contribution in [3.8, 4) is 5.88 Å². The van der Waals surface area contributed by atoms with Crippen LogP contribution in [0.25, 0.3) is 0 Å². The number of rotatable bonds is 7. The molecule has 1 aliphatic rings. The summed E-state index contributed by atoms with van der Waals surface area (Å²) in [7, 11) is 0. The number of pyridine rings is 1. The van der Waals surface area contributed by atoms with Crippen LogP contribution in [0.2, 0.25) is 0 Å². The second-order valence-corrected chi connectivity index (χ2v) is 5.76. The molecule has 1 aliphatic carbocycles. The van der Waals surface area contributed by atoms with Gasteiger partial charge in [0.15, 0.2) is 0 Å². The largest absolute Gasteiger partial charge is 0.477 e. The van der Waals surface area contributed by atoms with Crippen LogP contribution in [-0.2, 0) is 6.54 Å². The van der Waals surface area contributed by atoms with Crippen LogP contribution in [0.4, 0.5) is 13.2 Å². The molecular weight excluding hydrogens is 281 g/mol. The molecule has 0 amide bonds. The number of aromatic nitrogens is 1. The second-order valence-electron chi connectivity index (χ2n) is 5.76. The molecule has 0 aromatic carbocycles. The van der Waals surface area contributed by atoms with E-state index in [4.69, 9.17) is 4.74 Å². The van der Waals surface area contributed by atoms with Crippen LogP contribution in [0, 0.1) is 0 Å². The summed E-state index contributed by atoms with van der Waals surface area (Å²) in [6, 6.07) is 4.28. The summed E-state index contributed by atoms with van der Waals surface area (Å²) in [5, 5.41) is 3.38. The number of nitrogens with zero attached hydrogens (tertiary/aromatic N) is 1. The maximum Gasteiger partial charge on any atom is 0.392 e. The Morgan fingerprint density at radius 3 is 2.62 bits per heavy atom. The lowest BCUT2D eigenvalue weighted by atomic mass is 10.1. The van der Waals surface area contributed by atoms with Gasteiger partial charge in [0.2, 0.25) is 5.88 Å². The van der Waals surface area contributed by atoms with Crippen molar-refractivity contribution in [2.24, 2.45) is 0 Å². The Kier molecular flexibility index (Phi) is 5.08. The first-order valence-corrected chi connectivity index (χ1v) is 7.27. The van der Waals surface area contributed by atoms with Gasteiger partial charge in [0.1, 0.15) is 0 Å². The van der Waals surface area contributed by atoms with Crippen LogP contribution in [0.1, 0.15) is 50.3 Å². The van der Waals surface area contributed by atoms with Gasteiger partial charge in [0.05, 0.1) is 13.0 Å². The van der Waals surface area contributed by atoms with E-state index in [1.54, 1.807) is 6.07 Å². The zero-order chi connectivity index (χ0) is 15.5. The molecule has 0 aliphatic heterocycles. The first-order chi connectivity index (χ1) is 9.83. The van der Waals surface area contributed by atoms with Crippen molar-refractivity contribution in [3.63, 3.8) is 0 Å². The van der Waals surface area contributed by atoms with Gasteiger partial charge in [-0.1, -0.05) is 13.8 Å². The van der Waals surface area contributed by atoms with E-state index in [1.807, 2.05) is 19.9 Å². The highest BCUT2D eigenvalue weighted by Crippen LogP contribution is 2.23. The average Bonchev–Trinajstić information content (AvgIpc) is 3.18. The van der Waals surface area contributed by atoms with Gasteiger partial charge in [-0.15, -0.1) is 0 Å². The lowest BCUT2D eigenvalue weighted by molar-refractivity contribution is -0.139. The number of hydrogen-bond donors (Lipinski definition) is 1. The van der Waals surface area contributed by atoms with E-state index in [2.05, 4.69) is 10.3 Å². The van der Waals surface area contributed by atoms with Gasteiger partial charge in [0, 0.05) is 24.3 Å². The minimum absolute atomic E-state index is 0.204. The third-order valence-electron chi connectivity index (χ3n) is 3.28. The van der Waals surface area contributed by atoms with E-state index in [0.29, 0.717) is 12.6 Å². The standard InChI is InChI=1S/C15H21F3N2O/c1-10(2)13-7-11(9-19-12-3-4-12)8-14(20-13)21-6-5-15(16,17)18/h7-8,10,12,19H,3-6,9H2,1-2H3. The highest BCUT2D eigenvalue weighted by Gasteiger charge is 2.27. The van der Waals surface area contributed by atoms with Crippen LogP contribution in [0.5, 0.6) is 5.88 Å². The first kappa shape index (κ1) is 16.1. The van der Waals surface area contributed by atoms with Crippen LogP contribution in [0.15, 0.2) is 12.1 Å². The van der Waals surface area contributed by atoms with Crippen molar-refractivity contribution in [2.45, 2.75) is 57.8 Å². The fourth-order valence-electron chi connectivity index (χ4n) is 1.87. The number of halogens is 3. The Hall–Kier alpha value is -1.30. The summed E-state index contributed by atoms with van der Waals surface area (Å²) in [5.41, 5.74) is 1.84. The minimum Gasteiger partial charge on any atom is -0.477 e. The van der Waals surface area contributed by atoms with Gasteiger partial charge in [-0.2, -0.15) is 13.2 Å². The molecule has 21 heavy (non-hydrogen) atoms. The SMILES string of the molecule is CC(C)c1cc(CNC2CC2)cc(OCCC(F)(F)F)n1. The summed E-state index contributed by atoms with van der Waals surface area (Å²) >= 11 is 0. The summed E-state index contributed by atoms with van der Waals surface area (Å²) in [5.74, 6) is 0.480. The van der Waals surface area contributed by atoms with E-state index in [-0.39, 0.29) is 11.8 Å². The van der Waals surface area contributed by atoms with Crippen LogP contribution >= 0.6 is 0 Å². The van der Waals surface area contributed by atoms with E-state index in [9.17, 15) is 13.2 Å². The van der Waals surface area contributed by atoms with Crippen LogP contribution in [-0.4, -0.2) is 23.8 Å². The number of hydrogen-bond acceptors (Lipinski definition) is 3. The molecule has 1 N–H and O–H groups in total. The van der Waals surface area contributed by atoms with Crippen molar-refractivity contribution in [1.82, 2.24) is 10.3 Å². The molecule has 1 saturated carbocycles. The maximum atomic E-state index is 12.2. The molecule has 0 saturated heterocycles. The van der Waals surface area contributed by atoms with E-state index in [0.717, 1.165) is 11.3 Å². The van der Waals surface area contributed by atoms with Crippen molar-refractivity contribution in [3.05, 3.63) is 23.4 Å². The zero-order valence-electron chi connectivity index (χ0n) is 12.3. The third kappa shape index (κ3) is 5.91. The predicted octanol–water partition coefficient (Wildman–Crippen LogP) is 3.79. The summed E-state index contributed by atoms with van der Waals surface area (Å²) < 4.78 is 41.6. The normalized spacial score (nSPS) is 15.5. The Balaban J connectivity index is 1.99. The van der Waals surface area contributed by atoms with Crippen molar-refractivity contribution in [1.29, 1.82) is 0 Å². The van der Waals surface area contributed by atoms with Gasteiger partial charge in [-0.05, 0) is 30.4 Å². The highest BCUT2D eigenvalue weighted by molar-refractivity contribution is 5.27. The molecule has 1 heterocycles. The predicted molar refractivity (Wildman–Crippen MR) is 74.4 cm³/mol.